The Labute approximate surface area is 95.2 Å². The Morgan fingerprint density at radius 2 is 1.73 bits per heavy atom. The predicted octanol–water partition coefficient (Wildman–Crippen LogP) is 3.17. The molecule has 0 atom stereocenters. The van der Waals surface area contributed by atoms with Gasteiger partial charge in [0.05, 0.1) is 6.61 Å². The summed E-state index contributed by atoms with van der Waals surface area (Å²) in [4.78, 5) is 0. The zero-order valence-corrected chi connectivity index (χ0v) is 11.9. The number of rotatable bonds is 5. The first-order chi connectivity index (χ1) is 6.99. The fourth-order valence-corrected chi connectivity index (χ4v) is 6.04. The van der Waals surface area contributed by atoms with Gasteiger partial charge in [0.1, 0.15) is 0 Å². The standard InChI is InChI=1S/C11H19O2Si2/c1-14(2)13-15(3,4)12-10-11-8-6-5-7-9-11/h5-9H,10H2,1-4H3. The maximum Gasteiger partial charge on any atom is 0.321 e. The highest BCUT2D eigenvalue weighted by atomic mass is 28.4. The highest BCUT2D eigenvalue weighted by molar-refractivity contribution is 6.72. The van der Waals surface area contributed by atoms with Gasteiger partial charge in [-0.05, 0) is 31.8 Å². The van der Waals surface area contributed by atoms with E-state index >= 15 is 0 Å². The molecule has 4 heteroatoms. The normalized spacial score (nSPS) is 12.1. The minimum atomic E-state index is -1.90. The molecule has 0 N–H and O–H groups in total. The SMILES string of the molecule is C[Si](C)O[Si](C)(C)OCc1ccccc1. The molecule has 1 rings (SSSR count). The zero-order valence-electron chi connectivity index (χ0n) is 9.91. The summed E-state index contributed by atoms with van der Waals surface area (Å²) < 4.78 is 11.7. The van der Waals surface area contributed by atoms with Gasteiger partial charge in [0, 0.05) is 0 Å². The van der Waals surface area contributed by atoms with E-state index in [4.69, 9.17) is 8.54 Å². The number of hydrogen-bond donors (Lipinski definition) is 0. The van der Waals surface area contributed by atoms with Crippen LogP contribution in [0.4, 0.5) is 0 Å². The van der Waals surface area contributed by atoms with Gasteiger partial charge >= 0.3 is 8.56 Å². The van der Waals surface area contributed by atoms with Crippen LogP contribution in [-0.4, -0.2) is 17.6 Å². The first-order valence-corrected chi connectivity index (χ1v) is 10.4. The lowest BCUT2D eigenvalue weighted by molar-refractivity contribution is 0.238. The molecule has 2 nitrogen and oxygen atoms in total. The molecule has 0 fully saturated rings. The third-order valence-electron chi connectivity index (χ3n) is 1.88. The molecule has 0 aliphatic rings. The second-order valence-electron chi connectivity index (χ2n) is 4.18. The van der Waals surface area contributed by atoms with Crippen LogP contribution in [0.3, 0.4) is 0 Å². The Morgan fingerprint density at radius 1 is 1.13 bits per heavy atom. The highest BCUT2D eigenvalue weighted by Gasteiger charge is 2.25. The summed E-state index contributed by atoms with van der Waals surface area (Å²) in [7, 11) is -2.56. The lowest BCUT2D eigenvalue weighted by atomic mass is 10.2. The van der Waals surface area contributed by atoms with Crippen LogP contribution in [0.2, 0.25) is 26.2 Å². The maximum atomic E-state index is 5.88. The van der Waals surface area contributed by atoms with E-state index < -0.39 is 17.6 Å². The van der Waals surface area contributed by atoms with Crippen LogP contribution in [0, 0.1) is 0 Å². The largest absolute Gasteiger partial charge is 0.436 e. The Hall–Kier alpha value is -0.426. The van der Waals surface area contributed by atoms with Crippen molar-refractivity contribution < 1.29 is 8.54 Å². The van der Waals surface area contributed by atoms with Crippen LogP contribution in [0.5, 0.6) is 0 Å². The third kappa shape index (κ3) is 5.27. The van der Waals surface area contributed by atoms with Gasteiger partial charge in [0.15, 0.2) is 9.04 Å². The zero-order chi connectivity index (χ0) is 11.3. The summed E-state index contributed by atoms with van der Waals surface area (Å²) in [5.41, 5.74) is 1.21. The summed E-state index contributed by atoms with van der Waals surface area (Å²) in [6.45, 7) is 9.16. The summed E-state index contributed by atoms with van der Waals surface area (Å²) >= 11 is 0. The van der Waals surface area contributed by atoms with E-state index in [1.165, 1.54) is 5.56 Å². The van der Waals surface area contributed by atoms with Crippen molar-refractivity contribution in [2.24, 2.45) is 0 Å². The van der Waals surface area contributed by atoms with Crippen molar-refractivity contribution in [1.29, 1.82) is 0 Å². The van der Waals surface area contributed by atoms with Gasteiger partial charge in [-0.25, -0.2) is 0 Å². The quantitative estimate of drug-likeness (QED) is 0.735. The Bertz CT molecular complexity index is 286. The molecule has 0 bridgehead atoms. The summed E-state index contributed by atoms with van der Waals surface area (Å²) in [6.07, 6.45) is 0. The van der Waals surface area contributed by atoms with Crippen molar-refractivity contribution in [3.63, 3.8) is 0 Å². The smallest absolute Gasteiger partial charge is 0.321 e. The van der Waals surface area contributed by atoms with Gasteiger partial charge in [-0.3, -0.25) is 0 Å². The van der Waals surface area contributed by atoms with Gasteiger partial charge in [0.2, 0.25) is 0 Å². The topological polar surface area (TPSA) is 18.5 Å². The van der Waals surface area contributed by atoms with E-state index in [9.17, 15) is 0 Å². The molecule has 0 saturated heterocycles. The van der Waals surface area contributed by atoms with E-state index in [0.29, 0.717) is 6.61 Å². The minimum absolute atomic E-state index is 0.658. The third-order valence-corrected chi connectivity index (χ3v) is 6.32. The molecule has 0 saturated carbocycles. The minimum Gasteiger partial charge on any atom is -0.436 e. The van der Waals surface area contributed by atoms with E-state index in [2.05, 4.69) is 38.3 Å². The molecule has 1 aromatic carbocycles. The number of benzene rings is 1. The molecule has 1 radical (unpaired) electrons. The highest BCUT2D eigenvalue weighted by Crippen LogP contribution is 2.11. The molecule has 0 unspecified atom stereocenters. The Kier molecular flexibility index (Phi) is 4.72. The molecule has 15 heavy (non-hydrogen) atoms. The van der Waals surface area contributed by atoms with Crippen molar-refractivity contribution in [3.05, 3.63) is 35.9 Å². The molecule has 0 aromatic heterocycles. The van der Waals surface area contributed by atoms with Crippen LogP contribution in [0.15, 0.2) is 30.3 Å². The average molecular weight is 239 g/mol. The summed E-state index contributed by atoms with van der Waals surface area (Å²) in [6, 6.07) is 10.2. The molecule has 0 aliphatic carbocycles. The molecule has 0 aliphatic heterocycles. The predicted molar refractivity (Wildman–Crippen MR) is 67.3 cm³/mol. The van der Waals surface area contributed by atoms with E-state index in [-0.39, 0.29) is 0 Å². The second kappa shape index (κ2) is 5.60. The molecule has 0 spiro atoms. The fourth-order valence-electron chi connectivity index (χ4n) is 1.35. The fraction of sp³-hybridized carbons (Fsp3) is 0.455. The van der Waals surface area contributed by atoms with Gasteiger partial charge in [0.25, 0.3) is 0 Å². The van der Waals surface area contributed by atoms with Crippen LogP contribution >= 0.6 is 0 Å². The van der Waals surface area contributed by atoms with Gasteiger partial charge in [-0.1, -0.05) is 30.3 Å². The molecule has 83 valence electrons. The molecule has 1 aromatic rings. The van der Waals surface area contributed by atoms with E-state index in [0.717, 1.165) is 0 Å². The van der Waals surface area contributed by atoms with E-state index in [1.807, 2.05) is 18.2 Å². The second-order valence-corrected chi connectivity index (χ2v) is 9.91. The van der Waals surface area contributed by atoms with Crippen LogP contribution in [-0.2, 0) is 15.1 Å². The first kappa shape index (κ1) is 12.6. The monoisotopic (exact) mass is 239 g/mol. The summed E-state index contributed by atoms with van der Waals surface area (Å²) in [5.74, 6) is 0. The van der Waals surface area contributed by atoms with Crippen molar-refractivity contribution in [3.8, 4) is 0 Å². The number of hydrogen-bond acceptors (Lipinski definition) is 2. The van der Waals surface area contributed by atoms with Gasteiger partial charge in [-0.2, -0.15) is 0 Å². The Morgan fingerprint density at radius 3 is 2.27 bits per heavy atom. The van der Waals surface area contributed by atoms with Gasteiger partial charge < -0.3 is 8.54 Å². The van der Waals surface area contributed by atoms with Crippen LogP contribution in [0.1, 0.15) is 5.56 Å². The van der Waals surface area contributed by atoms with Crippen molar-refractivity contribution in [2.45, 2.75) is 32.8 Å². The maximum absolute atomic E-state index is 5.88. The molecule has 0 heterocycles. The molecular formula is C11H19O2Si2. The first-order valence-electron chi connectivity index (χ1n) is 5.17. The molecule has 0 amide bonds. The summed E-state index contributed by atoms with van der Waals surface area (Å²) in [5, 5.41) is 0. The van der Waals surface area contributed by atoms with Crippen molar-refractivity contribution in [2.75, 3.05) is 0 Å². The van der Waals surface area contributed by atoms with Crippen molar-refractivity contribution in [1.82, 2.24) is 0 Å². The van der Waals surface area contributed by atoms with Crippen molar-refractivity contribution >= 4 is 17.6 Å². The van der Waals surface area contributed by atoms with Crippen LogP contribution in [0.25, 0.3) is 0 Å². The van der Waals surface area contributed by atoms with Crippen LogP contribution < -0.4 is 0 Å². The van der Waals surface area contributed by atoms with E-state index in [1.54, 1.807) is 0 Å². The lowest BCUT2D eigenvalue weighted by Gasteiger charge is -2.25. The van der Waals surface area contributed by atoms with Gasteiger partial charge in [-0.15, -0.1) is 0 Å². The molecular weight excluding hydrogens is 220 g/mol. The Balaban J connectivity index is 2.42. The lowest BCUT2D eigenvalue weighted by Crippen LogP contribution is -2.38. The average Bonchev–Trinajstić information content (AvgIpc) is 2.15.